The smallest absolute Gasteiger partial charge is 0.392 e. The molecule has 0 spiro atoms. The maximum atomic E-state index is 13.8. The summed E-state index contributed by atoms with van der Waals surface area (Å²) in [5, 5.41) is 13.4. The van der Waals surface area contributed by atoms with Crippen molar-refractivity contribution in [2.24, 2.45) is 5.92 Å². The Balaban J connectivity index is 2.23. The van der Waals surface area contributed by atoms with Crippen LogP contribution in [-0.2, 0) is 12.1 Å². The van der Waals surface area contributed by atoms with E-state index in [4.69, 9.17) is 11.6 Å². The van der Waals surface area contributed by atoms with E-state index >= 15 is 0 Å². The number of fused-ring (bicyclic) bond motifs is 1. The van der Waals surface area contributed by atoms with Crippen LogP contribution in [0.3, 0.4) is 0 Å². The van der Waals surface area contributed by atoms with Crippen LogP contribution in [0.4, 0.5) is 23.7 Å². The summed E-state index contributed by atoms with van der Waals surface area (Å²) in [7, 11) is 0. The quantitative estimate of drug-likeness (QED) is 0.685. The van der Waals surface area contributed by atoms with Gasteiger partial charge in [0.1, 0.15) is 0 Å². The van der Waals surface area contributed by atoms with E-state index in [-0.39, 0.29) is 27.8 Å². The Labute approximate surface area is 135 Å². The molecule has 1 atom stereocenters. The summed E-state index contributed by atoms with van der Waals surface area (Å²) >= 11 is 5.93. The van der Waals surface area contributed by atoms with Crippen molar-refractivity contribution in [3.63, 3.8) is 0 Å². The number of hydrogen-bond acceptors (Lipinski definition) is 2. The number of anilines is 1. The van der Waals surface area contributed by atoms with E-state index in [2.05, 4.69) is 17.2 Å². The van der Waals surface area contributed by atoms with Gasteiger partial charge in [0.05, 0.1) is 6.61 Å². The third-order valence-electron chi connectivity index (χ3n) is 3.78. The summed E-state index contributed by atoms with van der Waals surface area (Å²) in [6.45, 7) is -0.456. The first-order valence-electron chi connectivity index (χ1n) is 6.89. The fraction of sp³-hybridized carbons (Fsp3) is 0.400. The molecule has 1 aromatic rings. The molecular weight excluding hydrogens is 333 g/mol. The first-order chi connectivity index (χ1) is 10.8. The number of urea groups is 1. The third-order valence-corrected chi connectivity index (χ3v) is 4.13. The van der Waals surface area contributed by atoms with E-state index in [1.807, 2.05) is 5.32 Å². The Kier molecular flexibility index (Phi) is 3.69. The molecule has 0 unspecified atom stereocenters. The third kappa shape index (κ3) is 2.73. The zero-order chi connectivity index (χ0) is 16.8. The molecule has 0 bridgehead atoms. The average Bonchev–Trinajstić information content (AvgIpc) is 3.27. The monoisotopic (exact) mass is 344 g/mol. The predicted octanol–water partition coefficient (Wildman–Crippen LogP) is 3.14. The fourth-order valence-electron chi connectivity index (χ4n) is 2.38. The first-order valence-corrected chi connectivity index (χ1v) is 7.27. The zero-order valence-electron chi connectivity index (χ0n) is 11.7. The van der Waals surface area contributed by atoms with Gasteiger partial charge >= 0.3 is 12.2 Å². The second-order valence-electron chi connectivity index (χ2n) is 5.52. The highest BCUT2D eigenvalue weighted by molar-refractivity contribution is 6.31. The van der Waals surface area contributed by atoms with Crippen molar-refractivity contribution in [2.45, 2.75) is 31.2 Å². The van der Waals surface area contributed by atoms with Gasteiger partial charge < -0.3 is 15.7 Å². The molecule has 2 aliphatic rings. The molecule has 1 fully saturated rings. The van der Waals surface area contributed by atoms with Crippen molar-refractivity contribution >= 4 is 23.3 Å². The van der Waals surface area contributed by atoms with Crippen LogP contribution in [0.15, 0.2) is 12.1 Å². The molecule has 8 heteroatoms. The minimum Gasteiger partial charge on any atom is -0.392 e. The molecule has 1 heterocycles. The lowest BCUT2D eigenvalue weighted by atomic mass is 9.85. The molecule has 1 aromatic carbocycles. The van der Waals surface area contributed by atoms with Crippen LogP contribution in [-0.4, -0.2) is 17.3 Å². The van der Waals surface area contributed by atoms with Crippen LogP contribution in [0.5, 0.6) is 0 Å². The lowest BCUT2D eigenvalue weighted by Gasteiger charge is -2.37. The Morgan fingerprint density at radius 1 is 1.39 bits per heavy atom. The van der Waals surface area contributed by atoms with Gasteiger partial charge in [-0.15, -0.1) is 0 Å². The van der Waals surface area contributed by atoms with Gasteiger partial charge in [-0.2, -0.15) is 13.2 Å². The Bertz CT molecular complexity index is 735. The van der Waals surface area contributed by atoms with Gasteiger partial charge in [0.15, 0.2) is 0 Å². The van der Waals surface area contributed by atoms with E-state index in [1.54, 1.807) is 0 Å². The van der Waals surface area contributed by atoms with Gasteiger partial charge in [-0.05, 0) is 30.5 Å². The number of amides is 2. The van der Waals surface area contributed by atoms with Crippen LogP contribution in [0, 0.1) is 17.8 Å². The first kappa shape index (κ1) is 16.0. The Morgan fingerprint density at radius 3 is 2.65 bits per heavy atom. The Hall–Kier alpha value is -1.91. The molecular formula is C15H12ClF3N2O2. The van der Waals surface area contributed by atoms with E-state index in [9.17, 15) is 23.1 Å². The van der Waals surface area contributed by atoms with Crippen molar-refractivity contribution < 1.29 is 23.1 Å². The number of carbonyl (C=O) groups is 1. The van der Waals surface area contributed by atoms with Crippen molar-refractivity contribution in [2.75, 3.05) is 5.32 Å². The summed E-state index contributed by atoms with van der Waals surface area (Å²) in [6, 6.07) is 1.31. The Morgan fingerprint density at radius 2 is 2.09 bits per heavy atom. The van der Waals surface area contributed by atoms with Gasteiger partial charge in [-0.3, -0.25) is 0 Å². The van der Waals surface area contributed by atoms with Crippen molar-refractivity contribution in [1.29, 1.82) is 0 Å². The number of benzene rings is 1. The summed E-state index contributed by atoms with van der Waals surface area (Å²) in [5.74, 6) is 4.73. The highest BCUT2D eigenvalue weighted by atomic mass is 35.5. The van der Waals surface area contributed by atoms with Crippen molar-refractivity contribution in [1.82, 2.24) is 5.32 Å². The molecule has 23 heavy (non-hydrogen) atoms. The normalized spacial score (nSPS) is 23.3. The lowest BCUT2D eigenvalue weighted by molar-refractivity contribution is -0.178. The van der Waals surface area contributed by atoms with E-state index in [1.165, 1.54) is 6.07 Å². The number of halogens is 4. The molecule has 3 N–H and O–H groups in total. The molecule has 0 radical (unpaired) electrons. The minimum atomic E-state index is -4.83. The number of nitrogens with one attached hydrogen (secondary N) is 2. The van der Waals surface area contributed by atoms with Crippen LogP contribution in [0.2, 0.25) is 5.02 Å². The second kappa shape index (κ2) is 5.32. The summed E-state index contributed by atoms with van der Waals surface area (Å²) in [4.78, 5) is 11.7. The van der Waals surface area contributed by atoms with Crippen LogP contribution < -0.4 is 10.6 Å². The molecule has 2 amide bonds. The summed E-state index contributed by atoms with van der Waals surface area (Å²) in [5.41, 5.74) is -2.94. The summed E-state index contributed by atoms with van der Waals surface area (Å²) in [6.07, 6.45) is -3.32. The molecule has 122 valence electrons. The van der Waals surface area contributed by atoms with Crippen LogP contribution >= 0.6 is 11.6 Å². The predicted molar refractivity (Wildman–Crippen MR) is 77.8 cm³/mol. The number of alkyl halides is 3. The van der Waals surface area contributed by atoms with Gasteiger partial charge in [-0.1, -0.05) is 23.4 Å². The SMILES string of the molecule is O=C1Nc2cc(CO)c(Cl)cc2[C@](C#CC2CC2)(C(F)(F)F)N1. The number of aliphatic hydroxyl groups is 1. The largest absolute Gasteiger partial charge is 0.427 e. The van der Waals surface area contributed by atoms with Crippen LogP contribution in [0.1, 0.15) is 24.0 Å². The maximum Gasteiger partial charge on any atom is 0.427 e. The van der Waals surface area contributed by atoms with Gasteiger partial charge in [-0.25, -0.2) is 4.79 Å². The lowest BCUT2D eigenvalue weighted by Crippen LogP contribution is -2.59. The number of rotatable bonds is 1. The average molecular weight is 345 g/mol. The van der Waals surface area contributed by atoms with Gasteiger partial charge in [0.25, 0.3) is 0 Å². The van der Waals surface area contributed by atoms with Gasteiger partial charge in [0.2, 0.25) is 5.54 Å². The van der Waals surface area contributed by atoms with E-state index < -0.39 is 24.4 Å². The molecule has 1 aliphatic heterocycles. The van der Waals surface area contributed by atoms with E-state index in [0.29, 0.717) is 0 Å². The molecule has 0 aromatic heterocycles. The zero-order valence-corrected chi connectivity index (χ0v) is 12.5. The highest BCUT2D eigenvalue weighted by Crippen LogP contribution is 2.45. The second-order valence-corrected chi connectivity index (χ2v) is 5.93. The molecule has 1 saturated carbocycles. The highest BCUT2D eigenvalue weighted by Gasteiger charge is 2.59. The molecule has 0 saturated heterocycles. The van der Waals surface area contributed by atoms with Crippen molar-refractivity contribution in [3.8, 4) is 11.8 Å². The molecule has 1 aliphatic carbocycles. The molecule has 3 rings (SSSR count). The summed E-state index contributed by atoms with van der Waals surface area (Å²) < 4.78 is 41.4. The fourth-order valence-corrected chi connectivity index (χ4v) is 2.60. The molecule has 4 nitrogen and oxygen atoms in total. The van der Waals surface area contributed by atoms with Crippen LogP contribution in [0.25, 0.3) is 0 Å². The standard InChI is InChI=1S/C15H12ClF3N2O2/c16-11-6-10-12(5-9(11)7-22)20-13(23)21-14(10,15(17,18)19)4-3-8-1-2-8/h5-6,8,22H,1-2,7H2,(H2,20,21,23)/t14-/m1/s1. The number of carbonyl (C=O) groups excluding carboxylic acids is 1. The van der Waals surface area contributed by atoms with E-state index in [0.717, 1.165) is 18.9 Å². The van der Waals surface area contributed by atoms with Gasteiger partial charge in [0, 0.05) is 22.2 Å². The number of aliphatic hydroxyl groups excluding tert-OH is 1. The number of hydrogen-bond donors (Lipinski definition) is 3. The topological polar surface area (TPSA) is 61.4 Å². The maximum absolute atomic E-state index is 13.8. The van der Waals surface area contributed by atoms with Crippen molar-refractivity contribution in [3.05, 3.63) is 28.3 Å². The minimum absolute atomic E-state index is 0.0222.